The van der Waals surface area contributed by atoms with Crippen LogP contribution in [0.2, 0.25) is 5.15 Å². The highest BCUT2D eigenvalue weighted by Crippen LogP contribution is 2.16. The summed E-state index contributed by atoms with van der Waals surface area (Å²) < 4.78 is 5.68. The van der Waals surface area contributed by atoms with Crippen molar-refractivity contribution in [1.29, 1.82) is 0 Å². The first-order valence-electron chi connectivity index (χ1n) is 8.66. The summed E-state index contributed by atoms with van der Waals surface area (Å²) in [5.74, 6) is 0.802. The minimum Gasteiger partial charge on any atom is -0.491 e. The number of para-hydroxylation sites is 1. The van der Waals surface area contributed by atoms with Gasteiger partial charge in [0.25, 0.3) is 0 Å². The van der Waals surface area contributed by atoms with E-state index in [0.29, 0.717) is 24.8 Å². The second-order valence-electron chi connectivity index (χ2n) is 6.95. The number of nitrogens with one attached hydrogen (secondary N) is 2. The van der Waals surface area contributed by atoms with E-state index in [9.17, 15) is 5.11 Å². The Bertz CT molecular complexity index is 679. The number of rotatable bonds is 10. The van der Waals surface area contributed by atoms with Crippen molar-refractivity contribution in [2.24, 2.45) is 0 Å². The highest BCUT2D eigenvalue weighted by Gasteiger charge is 2.18. The van der Waals surface area contributed by atoms with Crippen LogP contribution in [0.4, 0.5) is 0 Å². The average molecular weight is 379 g/mol. The Morgan fingerprint density at radius 2 is 1.96 bits per heavy atom. The van der Waals surface area contributed by atoms with Gasteiger partial charge in [-0.1, -0.05) is 29.8 Å². The lowest BCUT2D eigenvalue weighted by Gasteiger charge is -2.28. The summed E-state index contributed by atoms with van der Waals surface area (Å²) in [7, 11) is 0. The quantitative estimate of drug-likeness (QED) is 0.589. The molecular weight excluding hydrogens is 352 g/mol. The first kappa shape index (κ1) is 20.6. The molecule has 0 fully saturated rings. The van der Waals surface area contributed by atoms with E-state index >= 15 is 0 Å². The predicted octanol–water partition coefficient (Wildman–Crippen LogP) is 2.34. The molecule has 3 N–H and O–H groups in total. The summed E-state index contributed by atoms with van der Waals surface area (Å²) in [5, 5.41) is 25.1. The van der Waals surface area contributed by atoms with Crippen LogP contribution >= 0.6 is 11.6 Å². The van der Waals surface area contributed by atoms with E-state index in [0.717, 1.165) is 17.0 Å². The number of aliphatic hydroxyl groups excluding tert-OH is 1. The molecule has 1 atom stereocenters. The highest BCUT2D eigenvalue weighted by atomic mass is 35.5. The number of halogens is 1. The molecule has 0 amide bonds. The Labute approximate surface area is 159 Å². The normalized spacial score (nSPS) is 12.8. The Morgan fingerprint density at radius 3 is 2.65 bits per heavy atom. The van der Waals surface area contributed by atoms with Gasteiger partial charge in [0.2, 0.25) is 0 Å². The molecule has 2 aromatic rings. The first-order chi connectivity index (χ1) is 12.4. The molecule has 1 unspecified atom stereocenters. The smallest absolute Gasteiger partial charge is 0.151 e. The molecule has 6 nitrogen and oxygen atoms in total. The summed E-state index contributed by atoms with van der Waals surface area (Å²) >= 11 is 5.72. The van der Waals surface area contributed by atoms with Crippen molar-refractivity contribution < 1.29 is 9.84 Å². The number of hydrogen-bond donors (Lipinski definition) is 3. The van der Waals surface area contributed by atoms with Crippen molar-refractivity contribution in [3.05, 3.63) is 52.8 Å². The van der Waals surface area contributed by atoms with E-state index in [4.69, 9.17) is 16.3 Å². The Hall–Kier alpha value is -1.73. The summed E-state index contributed by atoms with van der Waals surface area (Å²) in [6, 6.07) is 11.3. The monoisotopic (exact) mass is 378 g/mol. The summed E-state index contributed by atoms with van der Waals surface area (Å²) in [6.07, 6.45) is -0.587. The van der Waals surface area contributed by atoms with Crippen LogP contribution in [0.15, 0.2) is 36.4 Å². The van der Waals surface area contributed by atoms with Crippen LogP contribution in [0.25, 0.3) is 0 Å². The van der Waals surface area contributed by atoms with Gasteiger partial charge in [-0.05, 0) is 44.5 Å². The van der Waals surface area contributed by atoms with E-state index in [1.807, 2.05) is 37.3 Å². The van der Waals surface area contributed by atoms with E-state index < -0.39 is 6.10 Å². The summed E-state index contributed by atoms with van der Waals surface area (Å²) in [5.41, 5.74) is 1.70. The second-order valence-corrected chi connectivity index (χ2v) is 7.33. The maximum Gasteiger partial charge on any atom is 0.151 e. The zero-order valence-electron chi connectivity index (χ0n) is 15.5. The minimum atomic E-state index is -0.587. The van der Waals surface area contributed by atoms with Crippen LogP contribution in [-0.2, 0) is 6.54 Å². The van der Waals surface area contributed by atoms with E-state index in [2.05, 4.69) is 34.7 Å². The maximum absolute atomic E-state index is 10.2. The molecule has 0 bridgehead atoms. The van der Waals surface area contributed by atoms with E-state index in [1.165, 1.54) is 0 Å². The van der Waals surface area contributed by atoms with Crippen LogP contribution in [0.5, 0.6) is 5.75 Å². The largest absolute Gasteiger partial charge is 0.491 e. The number of nitrogens with zero attached hydrogens (tertiary/aromatic N) is 2. The molecule has 0 spiro atoms. The van der Waals surface area contributed by atoms with Crippen molar-refractivity contribution in [3.63, 3.8) is 0 Å². The van der Waals surface area contributed by atoms with Gasteiger partial charge >= 0.3 is 0 Å². The van der Waals surface area contributed by atoms with Gasteiger partial charge < -0.3 is 20.5 Å². The van der Waals surface area contributed by atoms with Crippen LogP contribution in [0.1, 0.15) is 25.1 Å². The number of hydrogen-bond acceptors (Lipinski definition) is 6. The van der Waals surface area contributed by atoms with Crippen LogP contribution in [0.3, 0.4) is 0 Å². The fourth-order valence-electron chi connectivity index (χ4n) is 2.36. The molecule has 0 radical (unpaired) electrons. The molecule has 1 aromatic carbocycles. The Balaban J connectivity index is 1.67. The molecular formula is C19H27ClN4O2. The topological polar surface area (TPSA) is 79.3 Å². The van der Waals surface area contributed by atoms with Gasteiger partial charge in [-0.2, -0.15) is 5.10 Å². The van der Waals surface area contributed by atoms with Crippen molar-refractivity contribution in [1.82, 2.24) is 20.8 Å². The van der Waals surface area contributed by atoms with Crippen molar-refractivity contribution >= 4 is 11.6 Å². The molecule has 1 aromatic heterocycles. The third kappa shape index (κ3) is 7.25. The zero-order valence-corrected chi connectivity index (χ0v) is 16.3. The fourth-order valence-corrected chi connectivity index (χ4v) is 2.46. The fraction of sp³-hybridized carbons (Fsp3) is 0.474. The van der Waals surface area contributed by atoms with Gasteiger partial charge in [-0.15, -0.1) is 5.10 Å². The molecule has 0 aliphatic heterocycles. The van der Waals surface area contributed by atoms with E-state index in [1.54, 1.807) is 6.07 Å². The Morgan fingerprint density at radius 1 is 1.19 bits per heavy atom. The summed E-state index contributed by atoms with van der Waals surface area (Å²) in [4.78, 5) is 0. The van der Waals surface area contributed by atoms with Gasteiger partial charge in [0, 0.05) is 25.2 Å². The molecule has 1 heterocycles. The molecule has 0 saturated carbocycles. The van der Waals surface area contributed by atoms with E-state index in [-0.39, 0.29) is 12.1 Å². The number of aromatic nitrogens is 2. The van der Waals surface area contributed by atoms with Crippen LogP contribution in [-0.4, -0.2) is 46.6 Å². The molecule has 0 aliphatic rings. The lowest BCUT2D eigenvalue weighted by atomic mass is 10.1. The maximum atomic E-state index is 10.2. The number of β-amino-alcohol motifs (C(OH)–C–C–N with tert-alkyl or cyclic N) is 1. The standard InChI is InChI=1S/C19H27ClN4O2/c1-14-6-4-5-7-17(14)26-12-16(25)11-22-19(2,3)13-21-10-15-8-9-18(20)24-23-15/h4-9,16,21-22,25H,10-13H2,1-3H3. The van der Waals surface area contributed by atoms with Crippen molar-refractivity contribution in [2.75, 3.05) is 19.7 Å². The summed E-state index contributed by atoms with van der Waals surface area (Å²) in [6.45, 7) is 8.14. The van der Waals surface area contributed by atoms with Gasteiger partial charge in [0.15, 0.2) is 5.15 Å². The van der Waals surface area contributed by atoms with Gasteiger partial charge in [0.05, 0.1) is 5.69 Å². The van der Waals surface area contributed by atoms with Crippen LogP contribution < -0.4 is 15.4 Å². The molecule has 142 valence electrons. The van der Waals surface area contributed by atoms with Gasteiger partial charge in [0.1, 0.15) is 18.5 Å². The first-order valence-corrected chi connectivity index (χ1v) is 9.04. The van der Waals surface area contributed by atoms with Crippen molar-refractivity contribution in [2.45, 2.75) is 39.0 Å². The number of aryl methyl sites for hydroxylation is 1. The third-order valence-electron chi connectivity index (χ3n) is 3.90. The molecule has 0 aliphatic carbocycles. The minimum absolute atomic E-state index is 0.191. The highest BCUT2D eigenvalue weighted by molar-refractivity contribution is 6.29. The molecule has 26 heavy (non-hydrogen) atoms. The van der Waals surface area contributed by atoms with Crippen LogP contribution in [0, 0.1) is 6.92 Å². The second kappa shape index (κ2) is 9.83. The lowest BCUT2D eigenvalue weighted by molar-refractivity contribution is 0.0984. The van der Waals surface area contributed by atoms with Crippen molar-refractivity contribution in [3.8, 4) is 5.75 Å². The Kier molecular flexibility index (Phi) is 7.78. The number of ether oxygens (including phenoxy) is 1. The van der Waals surface area contributed by atoms with Gasteiger partial charge in [-0.25, -0.2) is 0 Å². The SMILES string of the molecule is Cc1ccccc1OCC(O)CNC(C)(C)CNCc1ccc(Cl)nn1. The third-order valence-corrected chi connectivity index (χ3v) is 4.10. The molecule has 0 saturated heterocycles. The number of benzene rings is 1. The zero-order chi connectivity index (χ0) is 19.0. The molecule has 7 heteroatoms. The molecule has 2 rings (SSSR count). The predicted molar refractivity (Wildman–Crippen MR) is 104 cm³/mol. The lowest BCUT2D eigenvalue weighted by Crippen LogP contribution is -2.50. The van der Waals surface area contributed by atoms with Gasteiger partial charge in [-0.3, -0.25) is 0 Å². The average Bonchev–Trinajstić information content (AvgIpc) is 2.61. The number of aliphatic hydroxyl groups is 1.